The van der Waals surface area contributed by atoms with Crippen molar-refractivity contribution in [2.24, 2.45) is 0 Å². The van der Waals surface area contributed by atoms with Gasteiger partial charge in [0.05, 0.1) is 11.1 Å². The number of halogens is 3. The van der Waals surface area contributed by atoms with Gasteiger partial charge in [0.25, 0.3) is 6.43 Å². The normalized spacial score (nSPS) is 10.1. The van der Waals surface area contributed by atoms with Gasteiger partial charge in [-0.05, 0) is 22.6 Å². The highest BCUT2D eigenvalue weighted by molar-refractivity contribution is 14.1. The summed E-state index contributed by atoms with van der Waals surface area (Å²) in [5.41, 5.74) is -0.949. The Morgan fingerprint density at radius 3 is 2.69 bits per heavy atom. The molecule has 0 aliphatic rings. The van der Waals surface area contributed by atoms with Gasteiger partial charge in [0.15, 0.2) is 5.75 Å². The molecule has 3 nitrogen and oxygen atoms in total. The molecule has 0 fully saturated rings. The molecule has 0 unspecified atom stereocenters. The molecule has 0 amide bonds. The molecule has 1 heterocycles. The molecule has 0 atom stereocenters. The Kier molecular flexibility index (Phi) is 2.98. The summed E-state index contributed by atoms with van der Waals surface area (Å²) in [6, 6.07) is 1.54. The largest absolute Gasteiger partial charge is 0.505 e. The first kappa shape index (κ1) is 10.1. The molecule has 0 saturated heterocycles. The molecule has 1 rings (SSSR count). The molecule has 0 aromatic carbocycles. The summed E-state index contributed by atoms with van der Waals surface area (Å²) in [5, 5.41) is 17.6. The van der Waals surface area contributed by atoms with Crippen LogP contribution in [0.5, 0.6) is 5.75 Å². The van der Waals surface area contributed by atoms with Crippen LogP contribution in [0.25, 0.3) is 0 Å². The van der Waals surface area contributed by atoms with Crippen molar-refractivity contribution in [1.82, 2.24) is 4.98 Å². The molecule has 0 radical (unpaired) electrons. The van der Waals surface area contributed by atoms with Crippen LogP contribution >= 0.6 is 22.6 Å². The van der Waals surface area contributed by atoms with Crippen LogP contribution in [-0.4, -0.2) is 10.1 Å². The minimum Gasteiger partial charge on any atom is -0.505 e. The van der Waals surface area contributed by atoms with Crippen LogP contribution in [0, 0.1) is 15.0 Å². The molecule has 0 bridgehead atoms. The molecule has 13 heavy (non-hydrogen) atoms. The van der Waals surface area contributed by atoms with E-state index in [1.165, 1.54) is 6.07 Å². The summed E-state index contributed by atoms with van der Waals surface area (Å²) >= 11 is 1.61. The lowest BCUT2D eigenvalue weighted by molar-refractivity contribution is 0.146. The first-order chi connectivity index (χ1) is 6.07. The van der Waals surface area contributed by atoms with Crippen LogP contribution in [0.2, 0.25) is 0 Å². The molecule has 0 saturated carbocycles. The van der Waals surface area contributed by atoms with Gasteiger partial charge in [-0.3, -0.25) is 0 Å². The lowest BCUT2D eigenvalue weighted by Crippen LogP contribution is -1.95. The fourth-order valence-corrected chi connectivity index (χ4v) is 1.23. The van der Waals surface area contributed by atoms with Crippen LogP contribution in [-0.2, 0) is 0 Å². The zero-order valence-corrected chi connectivity index (χ0v) is 8.29. The summed E-state index contributed by atoms with van der Waals surface area (Å²) in [5.74, 6) is -0.616. The van der Waals surface area contributed by atoms with Crippen LogP contribution in [0.1, 0.15) is 17.6 Å². The predicted octanol–water partition coefficient (Wildman–Crippen LogP) is 2.20. The first-order valence-electron chi connectivity index (χ1n) is 3.13. The number of nitrogens with zero attached hydrogens (tertiary/aromatic N) is 2. The van der Waals surface area contributed by atoms with Crippen LogP contribution < -0.4 is 0 Å². The van der Waals surface area contributed by atoms with Crippen molar-refractivity contribution in [2.45, 2.75) is 6.43 Å². The van der Waals surface area contributed by atoms with E-state index in [1.807, 2.05) is 0 Å². The number of nitriles is 1. The molecule has 0 spiro atoms. The SMILES string of the molecule is N#Cc1cnc(I)c(O)c1C(F)F. The third kappa shape index (κ3) is 1.85. The van der Waals surface area contributed by atoms with Crippen LogP contribution in [0.15, 0.2) is 6.20 Å². The van der Waals surface area contributed by atoms with Gasteiger partial charge in [-0.15, -0.1) is 0 Å². The topological polar surface area (TPSA) is 56.9 Å². The standard InChI is InChI=1S/C7H3F2IN2O/c8-6(9)4-3(1-11)2-12-7(10)5(4)13/h2,6,13H. The highest BCUT2D eigenvalue weighted by Crippen LogP contribution is 2.33. The van der Waals surface area contributed by atoms with E-state index in [9.17, 15) is 13.9 Å². The Bertz CT molecular complexity index is 375. The van der Waals surface area contributed by atoms with Gasteiger partial charge in [-0.1, -0.05) is 0 Å². The van der Waals surface area contributed by atoms with E-state index in [0.29, 0.717) is 0 Å². The van der Waals surface area contributed by atoms with E-state index < -0.39 is 17.7 Å². The molecule has 0 aliphatic carbocycles. The van der Waals surface area contributed by atoms with E-state index in [-0.39, 0.29) is 9.26 Å². The number of rotatable bonds is 1. The van der Waals surface area contributed by atoms with Crippen molar-refractivity contribution < 1.29 is 13.9 Å². The summed E-state index contributed by atoms with van der Waals surface area (Å²) in [6.45, 7) is 0. The van der Waals surface area contributed by atoms with E-state index in [0.717, 1.165) is 6.20 Å². The molecule has 0 aliphatic heterocycles. The van der Waals surface area contributed by atoms with Crippen molar-refractivity contribution in [3.8, 4) is 11.8 Å². The van der Waals surface area contributed by atoms with E-state index >= 15 is 0 Å². The third-order valence-corrected chi connectivity index (χ3v) is 2.18. The number of hydrogen-bond donors (Lipinski definition) is 1. The maximum atomic E-state index is 12.3. The second-order valence-electron chi connectivity index (χ2n) is 2.14. The summed E-state index contributed by atoms with van der Waals surface area (Å²) in [4.78, 5) is 3.57. The van der Waals surface area contributed by atoms with Gasteiger partial charge in [-0.25, -0.2) is 13.8 Å². The van der Waals surface area contributed by atoms with Crippen molar-refractivity contribution in [1.29, 1.82) is 5.26 Å². The van der Waals surface area contributed by atoms with Crippen molar-refractivity contribution in [3.05, 3.63) is 21.0 Å². The minimum absolute atomic E-state index is 0.0619. The summed E-state index contributed by atoms with van der Waals surface area (Å²) < 4.78 is 24.7. The number of alkyl halides is 2. The average molecular weight is 296 g/mol. The lowest BCUT2D eigenvalue weighted by Gasteiger charge is -2.05. The van der Waals surface area contributed by atoms with Crippen molar-refractivity contribution >= 4 is 22.6 Å². The zero-order valence-electron chi connectivity index (χ0n) is 6.13. The third-order valence-electron chi connectivity index (χ3n) is 1.39. The molecule has 1 aromatic rings. The second kappa shape index (κ2) is 3.83. The van der Waals surface area contributed by atoms with E-state index in [2.05, 4.69) is 4.98 Å². The van der Waals surface area contributed by atoms with Gasteiger partial charge in [-0.2, -0.15) is 5.26 Å². The average Bonchev–Trinajstić information content (AvgIpc) is 2.08. The van der Waals surface area contributed by atoms with E-state index in [1.54, 1.807) is 22.6 Å². The summed E-state index contributed by atoms with van der Waals surface area (Å²) in [6.07, 6.45) is -1.85. The monoisotopic (exact) mass is 296 g/mol. The first-order valence-corrected chi connectivity index (χ1v) is 4.21. The molecule has 68 valence electrons. The maximum absolute atomic E-state index is 12.3. The van der Waals surface area contributed by atoms with Gasteiger partial charge in [0, 0.05) is 6.20 Å². The Labute approximate surface area is 86.2 Å². The Hall–Kier alpha value is -0.970. The molecular formula is C7H3F2IN2O. The van der Waals surface area contributed by atoms with Crippen molar-refractivity contribution in [3.63, 3.8) is 0 Å². The fraction of sp³-hybridized carbons (Fsp3) is 0.143. The number of pyridine rings is 1. The lowest BCUT2D eigenvalue weighted by atomic mass is 10.1. The minimum atomic E-state index is -2.87. The van der Waals surface area contributed by atoms with Crippen LogP contribution in [0.3, 0.4) is 0 Å². The fourth-order valence-electron chi connectivity index (χ4n) is 0.801. The predicted molar refractivity (Wildman–Crippen MR) is 48.3 cm³/mol. The Morgan fingerprint density at radius 1 is 1.62 bits per heavy atom. The number of hydrogen-bond acceptors (Lipinski definition) is 3. The number of aromatic nitrogens is 1. The highest BCUT2D eigenvalue weighted by Gasteiger charge is 2.20. The van der Waals surface area contributed by atoms with Crippen LogP contribution in [0.4, 0.5) is 8.78 Å². The quantitative estimate of drug-likeness (QED) is 0.638. The highest BCUT2D eigenvalue weighted by atomic mass is 127. The molecule has 1 N–H and O–H groups in total. The Morgan fingerprint density at radius 2 is 2.23 bits per heavy atom. The van der Waals surface area contributed by atoms with E-state index in [4.69, 9.17) is 5.26 Å². The van der Waals surface area contributed by atoms with Gasteiger partial charge < -0.3 is 5.11 Å². The summed E-state index contributed by atoms with van der Waals surface area (Å²) in [7, 11) is 0. The van der Waals surface area contributed by atoms with Gasteiger partial charge in [0.2, 0.25) is 0 Å². The second-order valence-corrected chi connectivity index (χ2v) is 3.16. The molecular weight excluding hydrogens is 293 g/mol. The smallest absolute Gasteiger partial charge is 0.268 e. The van der Waals surface area contributed by atoms with Gasteiger partial charge in [0.1, 0.15) is 9.77 Å². The molecule has 1 aromatic heterocycles. The zero-order chi connectivity index (χ0) is 10.0. The van der Waals surface area contributed by atoms with Gasteiger partial charge >= 0.3 is 0 Å². The van der Waals surface area contributed by atoms with Crippen molar-refractivity contribution in [2.75, 3.05) is 0 Å². The Balaban J connectivity index is 3.43. The molecule has 6 heteroatoms. The number of aromatic hydroxyl groups is 1. The maximum Gasteiger partial charge on any atom is 0.268 e.